The van der Waals surface area contributed by atoms with Crippen LogP contribution in [0.25, 0.3) is 0 Å². The van der Waals surface area contributed by atoms with Crippen molar-refractivity contribution in [3.05, 3.63) is 24.3 Å². The minimum Gasteiger partial charge on any atom is -0.451 e. The number of benzene rings is 1. The van der Waals surface area contributed by atoms with Crippen LogP contribution < -0.4 is 9.47 Å². The van der Waals surface area contributed by atoms with Crippen LogP contribution in [0.2, 0.25) is 0 Å². The second-order valence-electron chi connectivity index (χ2n) is 9.66. The third-order valence-corrected chi connectivity index (χ3v) is 6.46. The van der Waals surface area contributed by atoms with Crippen molar-refractivity contribution in [3.63, 3.8) is 0 Å². The molecule has 1 aliphatic heterocycles. The maximum Gasteiger partial charge on any atom is 0.265 e. The lowest BCUT2D eigenvalue weighted by atomic mass is 10.1. The Labute approximate surface area is 203 Å². The largest absolute Gasteiger partial charge is 0.451 e. The van der Waals surface area contributed by atoms with Gasteiger partial charge in [-0.25, -0.2) is 9.80 Å². The van der Waals surface area contributed by atoms with Crippen LogP contribution in [0, 0.1) is 0 Å². The van der Waals surface area contributed by atoms with Crippen molar-refractivity contribution in [2.75, 3.05) is 27.2 Å². The molecule has 0 saturated carbocycles. The zero-order valence-corrected chi connectivity index (χ0v) is 21.9. The van der Waals surface area contributed by atoms with E-state index in [4.69, 9.17) is 14.2 Å². The molecule has 0 saturated heterocycles. The van der Waals surface area contributed by atoms with Crippen LogP contribution in [0.15, 0.2) is 24.3 Å². The van der Waals surface area contributed by atoms with Gasteiger partial charge in [-0.1, -0.05) is 97.0 Å². The van der Waals surface area contributed by atoms with E-state index in [0.717, 1.165) is 37.4 Å². The highest BCUT2D eigenvalue weighted by molar-refractivity contribution is 5.33. The Morgan fingerprint density at radius 2 is 1.00 bits per heavy atom. The highest BCUT2D eigenvalue weighted by Gasteiger charge is 2.28. The zero-order valence-electron chi connectivity index (χ0n) is 21.9. The molecule has 1 heterocycles. The molecular formula is C28H50N2O3. The van der Waals surface area contributed by atoms with Gasteiger partial charge >= 0.3 is 0 Å². The van der Waals surface area contributed by atoms with Crippen LogP contribution in [-0.2, 0) is 4.74 Å². The first kappa shape index (κ1) is 27.9. The fourth-order valence-corrected chi connectivity index (χ4v) is 4.24. The Bertz CT molecular complexity index is 565. The molecule has 2 rings (SSSR count). The minimum absolute atomic E-state index is 0.456. The molecule has 0 aliphatic carbocycles. The average molecular weight is 463 g/mol. The summed E-state index contributed by atoms with van der Waals surface area (Å²) in [5.74, 6) is 1.58. The van der Waals surface area contributed by atoms with Gasteiger partial charge in [0.15, 0.2) is 0 Å². The van der Waals surface area contributed by atoms with Crippen LogP contribution in [0.4, 0.5) is 0 Å². The number of hydrogen-bond donors (Lipinski definition) is 0. The van der Waals surface area contributed by atoms with Crippen molar-refractivity contribution in [1.29, 1.82) is 0 Å². The molecule has 33 heavy (non-hydrogen) atoms. The summed E-state index contributed by atoms with van der Waals surface area (Å²) >= 11 is 0. The van der Waals surface area contributed by atoms with E-state index < -0.39 is 12.8 Å². The van der Waals surface area contributed by atoms with E-state index in [1.807, 2.05) is 24.3 Å². The van der Waals surface area contributed by atoms with Gasteiger partial charge in [-0.15, -0.1) is 0 Å². The van der Waals surface area contributed by atoms with Crippen molar-refractivity contribution in [1.82, 2.24) is 9.80 Å². The lowest BCUT2D eigenvalue weighted by Crippen LogP contribution is -2.49. The van der Waals surface area contributed by atoms with Gasteiger partial charge in [0.05, 0.1) is 0 Å². The normalized spacial score (nSPS) is 18.1. The van der Waals surface area contributed by atoms with E-state index in [-0.39, 0.29) is 0 Å². The van der Waals surface area contributed by atoms with Crippen LogP contribution >= 0.6 is 0 Å². The number of hydrogen-bond acceptors (Lipinski definition) is 5. The molecule has 0 N–H and O–H groups in total. The van der Waals surface area contributed by atoms with Gasteiger partial charge < -0.3 is 9.47 Å². The van der Waals surface area contributed by atoms with Crippen molar-refractivity contribution in [2.24, 2.45) is 0 Å². The maximum absolute atomic E-state index is 6.36. The fourth-order valence-electron chi connectivity index (χ4n) is 4.24. The third kappa shape index (κ3) is 11.6. The maximum atomic E-state index is 6.36. The van der Waals surface area contributed by atoms with E-state index in [1.54, 1.807) is 0 Å². The number of ether oxygens (including phenoxy) is 3. The number of unbranched alkanes of at least 4 members (excludes halogenated alkanes) is 12. The van der Waals surface area contributed by atoms with Crippen LogP contribution in [0.5, 0.6) is 11.5 Å². The third-order valence-electron chi connectivity index (χ3n) is 6.46. The summed E-state index contributed by atoms with van der Waals surface area (Å²) in [7, 11) is 4.17. The second kappa shape index (κ2) is 17.2. The predicted molar refractivity (Wildman–Crippen MR) is 138 cm³/mol. The molecule has 1 aromatic carbocycles. The topological polar surface area (TPSA) is 34.2 Å². The molecule has 5 nitrogen and oxygen atoms in total. The summed E-state index contributed by atoms with van der Waals surface area (Å²) in [6, 6.07) is 7.88. The van der Waals surface area contributed by atoms with Crippen LogP contribution in [0.1, 0.15) is 104 Å². The van der Waals surface area contributed by atoms with E-state index in [9.17, 15) is 0 Å². The lowest BCUT2D eigenvalue weighted by Gasteiger charge is -2.36. The van der Waals surface area contributed by atoms with Crippen LogP contribution in [0.3, 0.4) is 0 Å². The van der Waals surface area contributed by atoms with Gasteiger partial charge in [-0.05, 0) is 39.1 Å². The summed E-state index contributed by atoms with van der Waals surface area (Å²) in [6.07, 6.45) is 17.3. The van der Waals surface area contributed by atoms with E-state index in [2.05, 4.69) is 37.7 Å². The minimum atomic E-state index is -0.456. The first-order valence-corrected chi connectivity index (χ1v) is 13.6. The standard InChI is InChI=1S/C28H50N2O3/c1-5-7-9-11-13-15-17-22-29(3)27-31-25-20-19-21-26(24-25)32-28(33-27)30(4)23-18-16-14-12-10-8-6-2/h19-21,24,27-28H,5-18,22-23H2,1-4H3. The zero-order chi connectivity index (χ0) is 23.7. The first-order valence-electron chi connectivity index (χ1n) is 13.6. The first-order chi connectivity index (χ1) is 16.1. The van der Waals surface area contributed by atoms with E-state index in [0.29, 0.717) is 0 Å². The quantitative estimate of drug-likeness (QED) is 0.212. The summed E-state index contributed by atoms with van der Waals surface area (Å²) in [4.78, 5) is 4.34. The van der Waals surface area contributed by atoms with Gasteiger partial charge in [-0.2, -0.15) is 0 Å². The second-order valence-corrected chi connectivity index (χ2v) is 9.66. The number of rotatable bonds is 18. The van der Waals surface area contributed by atoms with Crippen LogP contribution in [-0.4, -0.2) is 49.8 Å². The summed E-state index contributed by atoms with van der Waals surface area (Å²) in [5.41, 5.74) is 0. The van der Waals surface area contributed by atoms with Crippen molar-refractivity contribution in [2.45, 2.75) is 117 Å². The molecule has 2 unspecified atom stereocenters. The average Bonchev–Trinajstić information content (AvgIpc) is 2.81. The van der Waals surface area contributed by atoms with Crippen molar-refractivity contribution < 1.29 is 14.2 Å². The lowest BCUT2D eigenvalue weighted by molar-refractivity contribution is -0.282. The summed E-state index contributed by atoms with van der Waals surface area (Å²) in [5, 5.41) is 0. The van der Waals surface area contributed by atoms with Gasteiger partial charge in [0.25, 0.3) is 12.8 Å². The van der Waals surface area contributed by atoms with Gasteiger partial charge in [0.1, 0.15) is 11.5 Å². The summed E-state index contributed by atoms with van der Waals surface area (Å²) in [6.45, 7) is 6.43. The molecule has 2 bridgehead atoms. The smallest absolute Gasteiger partial charge is 0.265 e. The van der Waals surface area contributed by atoms with E-state index >= 15 is 0 Å². The predicted octanol–water partition coefficient (Wildman–Crippen LogP) is 7.41. The molecule has 190 valence electrons. The molecule has 1 aromatic rings. The Balaban J connectivity index is 1.82. The Kier molecular flexibility index (Phi) is 14.5. The Hall–Kier alpha value is -1.30. The molecule has 0 spiro atoms. The highest BCUT2D eigenvalue weighted by Crippen LogP contribution is 2.27. The number of fused-ring (bicyclic) bond motifs is 2. The summed E-state index contributed by atoms with van der Waals surface area (Å²) < 4.78 is 18.8. The Morgan fingerprint density at radius 3 is 1.42 bits per heavy atom. The Morgan fingerprint density at radius 1 is 0.606 bits per heavy atom. The fraction of sp³-hybridized carbons (Fsp3) is 0.786. The van der Waals surface area contributed by atoms with Gasteiger partial charge in [0, 0.05) is 19.2 Å². The molecule has 1 aliphatic rings. The molecule has 0 amide bonds. The molecular weight excluding hydrogens is 412 g/mol. The van der Waals surface area contributed by atoms with E-state index in [1.165, 1.54) is 77.0 Å². The molecule has 2 atom stereocenters. The SMILES string of the molecule is CCCCCCCCCN(C)C1Oc2cccc(c2)OC(N(C)CCCCCCCCC)O1. The molecule has 0 radical (unpaired) electrons. The monoisotopic (exact) mass is 462 g/mol. The van der Waals surface area contributed by atoms with Crippen molar-refractivity contribution in [3.8, 4) is 11.5 Å². The molecule has 0 aromatic heterocycles. The highest BCUT2D eigenvalue weighted by atomic mass is 16.8. The van der Waals surface area contributed by atoms with Crippen molar-refractivity contribution >= 4 is 0 Å². The molecule has 5 heteroatoms. The van der Waals surface area contributed by atoms with Gasteiger partial charge in [-0.3, -0.25) is 4.74 Å². The van der Waals surface area contributed by atoms with Gasteiger partial charge in [0.2, 0.25) is 0 Å². The number of nitrogens with zero attached hydrogens (tertiary/aromatic N) is 2. The molecule has 0 fully saturated rings.